The lowest BCUT2D eigenvalue weighted by Gasteiger charge is -2.22. The molecular weight excluding hydrogens is 310 g/mol. The fourth-order valence-electron chi connectivity index (χ4n) is 2.62. The normalized spacial score (nSPS) is 14.0. The van der Waals surface area contributed by atoms with Crippen LogP contribution in [0.25, 0.3) is 0 Å². The highest BCUT2D eigenvalue weighted by molar-refractivity contribution is 9.10. The molecule has 0 radical (unpaired) electrons. The number of aryl methyl sites for hydroxylation is 1. The maximum atomic E-state index is 3.69. The van der Waals surface area contributed by atoms with E-state index in [1.807, 2.05) is 0 Å². The Kier molecular flexibility index (Phi) is 5.38. The summed E-state index contributed by atoms with van der Waals surface area (Å²) in [6, 6.07) is 18.0. The van der Waals surface area contributed by atoms with Gasteiger partial charge < -0.3 is 5.32 Å². The van der Waals surface area contributed by atoms with E-state index >= 15 is 0 Å². The van der Waals surface area contributed by atoms with Crippen molar-refractivity contribution in [2.75, 3.05) is 0 Å². The van der Waals surface area contributed by atoms with Crippen LogP contribution in [0.4, 0.5) is 0 Å². The molecule has 0 spiro atoms. The van der Waals surface area contributed by atoms with Crippen LogP contribution < -0.4 is 5.32 Å². The van der Waals surface area contributed by atoms with Gasteiger partial charge in [-0.2, -0.15) is 0 Å². The van der Waals surface area contributed by atoms with Gasteiger partial charge in [0.1, 0.15) is 0 Å². The first kappa shape index (κ1) is 15.3. The van der Waals surface area contributed by atoms with Crippen LogP contribution in [-0.2, 0) is 6.42 Å². The molecule has 2 heteroatoms. The monoisotopic (exact) mass is 331 g/mol. The summed E-state index contributed by atoms with van der Waals surface area (Å²) in [4.78, 5) is 0. The van der Waals surface area contributed by atoms with E-state index in [4.69, 9.17) is 0 Å². The first-order valence-corrected chi connectivity index (χ1v) is 7.91. The molecule has 1 unspecified atom stereocenters. The minimum absolute atomic E-state index is 0.377. The number of hydrogen-bond donors (Lipinski definition) is 1. The van der Waals surface area contributed by atoms with Crippen LogP contribution in [0.1, 0.15) is 36.6 Å². The molecule has 106 valence electrons. The van der Waals surface area contributed by atoms with Gasteiger partial charge in [-0.15, -0.1) is 0 Å². The lowest BCUT2D eigenvalue weighted by Crippen LogP contribution is -2.31. The Hall–Kier alpha value is -1.12. The van der Waals surface area contributed by atoms with Crippen molar-refractivity contribution in [3.63, 3.8) is 0 Å². The Morgan fingerprint density at radius 1 is 1.00 bits per heavy atom. The third kappa shape index (κ3) is 4.19. The molecule has 0 aromatic heterocycles. The number of benzene rings is 2. The van der Waals surface area contributed by atoms with Crippen molar-refractivity contribution in [3.05, 3.63) is 69.7 Å². The molecule has 2 rings (SSSR count). The third-order valence-electron chi connectivity index (χ3n) is 3.64. The van der Waals surface area contributed by atoms with Crippen molar-refractivity contribution >= 4 is 15.9 Å². The number of halogens is 1. The van der Waals surface area contributed by atoms with E-state index in [1.165, 1.54) is 16.7 Å². The van der Waals surface area contributed by atoms with E-state index in [9.17, 15) is 0 Å². The van der Waals surface area contributed by atoms with Crippen molar-refractivity contribution in [3.8, 4) is 0 Å². The minimum Gasteiger partial charge on any atom is -0.307 e. The summed E-state index contributed by atoms with van der Waals surface area (Å²) in [6.45, 7) is 6.66. The van der Waals surface area contributed by atoms with Crippen molar-refractivity contribution in [2.45, 2.75) is 39.3 Å². The summed E-state index contributed by atoms with van der Waals surface area (Å²) in [6.07, 6.45) is 1.05. The molecule has 0 saturated heterocycles. The van der Waals surface area contributed by atoms with Gasteiger partial charge in [-0.1, -0.05) is 52.3 Å². The average molecular weight is 332 g/mol. The molecule has 20 heavy (non-hydrogen) atoms. The third-order valence-corrected chi connectivity index (χ3v) is 4.17. The maximum Gasteiger partial charge on any atom is 0.0296 e. The summed E-state index contributed by atoms with van der Waals surface area (Å²) in [7, 11) is 0. The van der Waals surface area contributed by atoms with E-state index in [1.54, 1.807) is 0 Å². The van der Waals surface area contributed by atoms with Gasteiger partial charge in [-0.05, 0) is 56.0 Å². The van der Waals surface area contributed by atoms with Gasteiger partial charge in [0.05, 0.1) is 0 Å². The quantitative estimate of drug-likeness (QED) is 0.809. The Morgan fingerprint density at radius 2 is 1.65 bits per heavy atom. The molecule has 0 aliphatic carbocycles. The summed E-state index contributed by atoms with van der Waals surface area (Å²) in [5, 5.41) is 3.69. The van der Waals surface area contributed by atoms with Crippen molar-refractivity contribution in [1.29, 1.82) is 0 Å². The molecule has 0 fully saturated rings. The first-order chi connectivity index (χ1) is 9.56. The van der Waals surface area contributed by atoms with Crippen molar-refractivity contribution in [2.24, 2.45) is 0 Å². The van der Waals surface area contributed by atoms with E-state index < -0.39 is 0 Å². The Morgan fingerprint density at radius 3 is 2.30 bits per heavy atom. The second-order valence-electron chi connectivity index (χ2n) is 5.48. The Bertz CT molecular complexity index is 548. The van der Waals surface area contributed by atoms with Crippen LogP contribution in [0.3, 0.4) is 0 Å². The smallest absolute Gasteiger partial charge is 0.0296 e. The number of rotatable bonds is 5. The van der Waals surface area contributed by atoms with Gasteiger partial charge in [-0.3, -0.25) is 0 Å². The zero-order chi connectivity index (χ0) is 14.5. The molecule has 1 nitrogen and oxygen atoms in total. The van der Waals surface area contributed by atoms with Gasteiger partial charge in [0.15, 0.2) is 0 Å². The van der Waals surface area contributed by atoms with Gasteiger partial charge in [0.25, 0.3) is 0 Å². The zero-order valence-corrected chi connectivity index (χ0v) is 13.9. The molecule has 2 aromatic rings. The predicted octanol–water partition coefficient (Wildman–Crippen LogP) is 5.04. The SMILES string of the molecule is Cc1ccccc1[C@@H](C)NC(C)Cc1ccc(Br)cc1. The summed E-state index contributed by atoms with van der Waals surface area (Å²) in [5.74, 6) is 0. The topological polar surface area (TPSA) is 12.0 Å². The highest BCUT2D eigenvalue weighted by Crippen LogP contribution is 2.18. The summed E-state index contributed by atoms with van der Waals surface area (Å²) in [5.41, 5.74) is 4.10. The molecule has 0 bridgehead atoms. The largest absolute Gasteiger partial charge is 0.307 e. The van der Waals surface area contributed by atoms with Crippen molar-refractivity contribution in [1.82, 2.24) is 5.32 Å². The molecule has 0 aliphatic rings. The molecule has 0 amide bonds. The van der Waals surface area contributed by atoms with E-state index in [0.29, 0.717) is 12.1 Å². The van der Waals surface area contributed by atoms with Gasteiger partial charge in [-0.25, -0.2) is 0 Å². The van der Waals surface area contributed by atoms with Gasteiger partial charge in [0.2, 0.25) is 0 Å². The molecular formula is C18H22BrN. The second kappa shape index (κ2) is 7.05. The lowest BCUT2D eigenvalue weighted by molar-refractivity contribution is 0.476. The molecule has 1 N–H and O–H groups in total. The standard InChI is InChI=1S/C18H22BrN/c1-13-6-4-5-7-18(13)15(3)20-14(2)12-16-8-10-17(19)11-9-16/h4-11,14-15,20H,12H2,1-3H3/t14?,15-/m1/s1. The van der Waals surface area contributed by atoms with Crippen molar-refractivity contribution < 1.29 is 0 Å². The van der Waals surface area contributed by atoms with Crippen LogP contribution >= 0.6 is 15.9 Å². The van der Waals surface area contributed by atoms with Crippen LogP contribution in [0.15, 0.2) is 53.0 Å². The predicted molar refractivity (Wildman–Crippen MR) is 90.0 cm³/mol. The van der Waals surface area contributed by atoms with E-state index in [0.717, 1.165) is 10.9 Å². The Balaban J connectivity index is 1.96. The van der Waals surface area contributed by atoms with Crippen LogP contribution in [0.5, 0.6) is 0 Å². The highest BCUT2D eigenvalue weighted by atomic mass is 79.9. The number of nitrogens with one attached hydrogen (secondary N) is 1. The molecule has 0 heterocycles. The fourth-order valence-corrected chi connectivity index (χ4v) is 2.89. The van der Waals surface area contributed by atoms with Gasteiger partial charge >= 0.3 is 0 Å². The van der Waals surface area contributed by atoms with E-state index in [-0.39, 0.29) is 0 Å². The average Bonchev–Trinajstić information content (AvgIpc) is 2.41. The lowest BCUT2D eigenvalue weighted by atomic mass is 10.0. The second-order valence-corrected chi connectivity index (χ2v) is 6.39. The van der Waals surface area contributed by atoms with E-state index in [2.05, 4.69) is 90.5 Å². The minimum atomic E-state index is 0.377. The summed E-state index contributed by atoms with van der Waals surface area (Å²) < 4.78 is 1.13. The molecule has 0 saturated carbocycles. The van der Waals surface area contributed by atoms with Crippen LogP contribution in [-0.4, -0.2) is 6.04 Å². The first-order valence-electron chi connectivity index (χ1n) is 7.12. The Labute approximate surface area is 130 Å². The zero-order valence-electron chi connectivity index (χ0n) is 12.4. The van der Waals surface area contributed by atoms with Crippen LogP contribution in [0.2, 0.25) is 0 Å². The van der Waals surface area contributed by atoms with Gasteiger partial charge in [0, 0.05) is 16.6 Å². The molecule has 2 atom stereocenters. The fraction of sp³-hybridized carbons (Fsp3) is 0.333. The molecule has 2 aromatic carbocycles. The maximum absolute atomic E-state index is 3.69. The van der Waals surface area contributed by atoms with Crippen LogP contribution in [0, 0.1) is 6.92 Å². The summed E-state index contributed by atoms with van der Waals surface area (Å²) >= 11 is 3.47. The molecule has 0 aliphatic heterocycles. The number of hydrogen-bond acceptors (Lipinski definition) is 1. The highest BCUT2D eigenvalue weighted by Gasteiger charge is 2.11.